The fourth-order valence-electron chi connectivity index (χ4n) is 3.13. The topological polar surface area (TPSA) is 83.6 Å². The predicted octanol–water partition coefficient (Wildman–Crippen LogP) is 3.92. The van der Waals surface area contributed by atoms with Crippen molar-refractivity contribution in [1.29, 1.82) is 0 Å². The fourth-order valence-corrected chi connectivity index (χ4v) is 3.98. The van der Waals surface area contributed by atoms with Crippen LogP contribution in [0.5, 0.6) is 0 Å². The maximum absolute atomic E-state index is 13.7. The van der Waals surface area contributed by atoms with Crippen molar-refractivity contribution in [2.75, 3.05) is 25.0 Å². The molecule has 0 radical (unpaired) electrons. The second kappa shape index (κ2) is 9.69. The molecule has 0 unspecified atom stereocenters. The van der Waals surface area contributed by atoms with E-state index in [0.29, 0.717) is 49.7 Å². The maximum Gasteiger partial charge on any atom is 0.409 e. The first kappa shape index (κ1) is 21.0. The molecule has 156 valence electrons. The molecule has 2 heterocycles. The number of hydrogen-bond acceptors (Lipinski definition) is 5. The van der Waals surface area contributed by atoms with E-state index in [1.54, 1.807) is 31.0 Å². The summed E-state index contributed by atoms with van der Waals surface area (Å²) in [7, 11) is 0. The Bertz CT molecular complexity index is 865. The molecule has 2 N–H and O–H groups in total. The molecule has 2 aromatic rings. The van der Waals surface area contributed by atoms with Gasteiger partial charge in [0.05, 0.1) is 6.61 Å². The molecular formula is C20H25FN4O3S. The minimum Gasteiger partial charge on any atom is -0.450 e. The second-order valence-electron chi connectivity index (χ2n) is 6.95. The standard InChI is InChI=1S/C20H25FN4O3S/c1-3-28-20(27)25-8-6-15(7-9-25)23-18(26)24-19-22-12-16(29-19)10-14-5-4-13(2)17(21)11-14/h4-5,11-12,15H,3,6-10H2,1-2H3,(H2,22,23,24,26). The lowest BCUT2D eigenvalue weighted by atomic mass is 10.1. The molecular weight excluding hydrogens is 395 g/mol. The molecule has 0 aliphatic carbocycles. The van der Waals surface area contributed by atoms with Crippen LogP contribution in [0.15, 0.2) is 24.4 Å². The largest absolute Gasteiger partial charge is 0.450 e. The van der Waals surface area contributed by atoms with Gasteiger partial charge in [0.2, 0.25) is 0 Å². The smallest absolute Gasteiger partial charge is 0.409 e. The van der Waals surface area contributed by atoms with Crippen LogP contribution < -0.4 is 10.6 Å². The molecule has 1 aromatic heterocycles. The number of likely N-dealkylation sites (tertiary alicyclic amines) is 1. The minimum absolute atomic E-state index is 0.00403. The number of benzene rings is 1. The van der Waals surface area contributed by atoms with E-state index >= 15 is 0 Å². The number of aryl methyl sites for hydroxylation is 1. The van der Waals surface area contributed by atoms with Crippen molar-refractivity contribution in [2.45, 2.75) is 39.2 Å². The molecule has 0 spiro atoms. The van der Waals surface area contributed by atoms with Crippen molar-refractivity contribution < 1.29 is 18.7 Å². The van der Waals surface area contributed by atoms with Crippen LogP contribution >= 0.6 is 11.3 Å². The van der Waals surface area contributed by atoms with E-state index in [-0.39, 0.29) is 24.0 Å². The molecule has 3 rings (SSSR count). The van der Waals surface area contributed by atoms with Gasteiger partial charge in [-0.25, -0.2) is 19.0 Å². The number of rotatable bonds is 5. The highest BCUT2D eigenvalue weighted by Crippen LogP contribution is 2.22. The number of carbonyl (C=O) groups excluding carboxylic acids is 2. The van der Waals surface area contributed by atoms with Gasteiger partial charge < -0.3 is 15.0 Å². The molecule has 1 fully saturated rings. The van der Waals surface area contributed by atoms with Crippen LogP contribution in [0.1, 0.15) is 35.8 Å². The van der Waals surface area contributed by atoms with Crippen LogP contribution in [0.4, 0.5) is 19.1 Å². The monoisotopic (exact) mass is 420 g/mol. The maximum atomic E-state index is 13.7. The van der Waals surface area contributed by atoms with Crippen LogP contribution in [0.3, 0.4) is 0 Å². The lowest BCUT2D eigenvalue weighted by molar-refractivity contribution is 0.0959. The van der Waals surface area contributed by atoms with E-state index < -0.39 is 0 Å². The number of aromatic nitrogens is 1. The van der Waals surface area contributed by atoms with Crippen molar-refractivity contribution >= 4 is 28.6 Å². The molecule has 29 heavy (non-hydrogen) atoms. The average Bonchev–Trinajstić information content (AvgIpc) is 3.12. The molecule has 1 aliphatic rings. The summed E-state index contributed by atoms with van der Waals surface area (Å²) >= 11 is 1.36. The van der Waals surface area contributed by atoms with Gasteiger partial charge in [-0.1, -0.05) is 12.1 Å². The van der Waals surface area contributed by atoms with Gasteiger partial charge in [-0.2, -0.15) is 0 Å². The number of nitrogens with one attached hydrogen (secondary N) is 2. The average molecular weight is 421 g/mol. The SMILES string of the molecule is CCOC(=O)N1CCC(NC(=O)Nc2ncc(Cc3ccc(C)c(F)c3)s2)CC1. The summed E-state index contributed by atoms with van der Waals surface area (Å²) < 4.78 is 18.7. The van der Waals surface area contributed by atoms with E-state index in [2.05, 4.69) is 15.6 Å². The van der Waals surface area contributed by atoms with E-state index in [9.17, 15) is 14.0 Å². The Morgan fingerprint density at radius 2 is 2.10 bits per heavy atom. The Hall–Kier alpha value is -2.68. The van der Waals surface area contributed by atoms with Gasteiger partial charge in [0.1, 0.15) is 5.82 Å². The van der Waals surface area contributed by atoms with Gasteiger partial charge in [0.15, 0.2) is 5.13 Å². The summed E-state index contributed by atoms with van der Waals surface area (Å²) in [6.45, 7) is 4.97. The number of ether oxygens (including phenoxy) is 1. The molecule has 0 bridgehead atoms. The Morgan fingerprint density at radius 1 is 1.34 bits per heavy atom. The number of thiazole rings is 1. The zero-order chi connectivity index (χ0) is 20.8. The number of urea groups is 1. The Balaban J connectivity index is 1.45. The van der Waals surface area contributed by atoms with E-state index in [1.807, 2.05) is 6.07 Å². The first-order valence-electron chi connectivity index (χ1n) is 9.63. The quantitative estimate of drug-likeness (QED) is 0.768. The number of amides is 3. The number of halogens is 1. The summed E-state index contributed by atoms with van der Waals surface area (Å²) in [6, 6.07) is 4.85. The molecule has 9 heteroatoms. The Morgan fingerprint density at radius 3 is 2.79 bits per heavy atom. The van der Waals surface area contributed by atoms with Gasteiger partial charge in [-0.15, -0.1) is 11.3 Å². The number of piperidine rings is 1. The van der Waals surface area contributed by atoms with Gasteiger partial charge in [-0.05, 0) is 43.9 Å². The third-order valence-corrected chi connectivity index (χ3v) is 5.66. The van der Waals surface area contributed by atoms with Crippen LogP contribution in [0.2, 0.25) is 0 Å². The predicted molar refractivity (Wildman–Crippen MR) is 110 cm³/mol. The highest BCUT2D eigenvalue weighted by atomic mass is 32.1. The number of nitrogens with zero attached hydrogens (tertiary/aromatic N) is 2. The van der Waals surface area contributed by atoms with Gasteiger partial charge >= 0.3 is 12.1 Å². The highest BCUT2D eigenvalue weighted by molar-refractivity contribution is 7.15. The Kier molecular flexibility index (Phi) is 7.03. The van der Waals surface area contributed by atoms with E-state index in [0.717, 1.165) is 10.4 Å². The van der Waals surface area contributed by atoms with Crippen molar-refractivity contribution in [3.63, 3.8) is 0 Å². The normalized spacial score (nSPS) is 14.5. The number of hydrogen-bond donors (Lipinski definition) is 2. The van der Waals surface area contributed by atoms with E-state index in [1.165, 1.54) is 17.4 Å². The number of anilines is 1. The van der Waals surface area contributed by atoms with Gasteiger partial charge in [0, 0.05) is 36.6 Å². The molecule has 0 atom stereocenters. The summed E-state index contributed by atoms with van der Waals surface area (Å²) in [5.74, 6) is -0.223. The summed E-state index contributed by atoms with van der Waals surface area (Å²) in [4.78, 5) is 30.8. The molecule has 1 aliphatic heterocycles. The summed E-state index contributed by atoms with van der Waals surface area (Å²) in [6.07, 6.45) is 3.29. The molecule has 1 aromatic carbocycles. The first-order chi connectivity index (χ1) is 13.9. The lowest BCUT2D eigenvalue weighted by Crippen LogP contribution is -2.47. The van der Waals surface area contributed by atoms with Gasteiger partial charge in [-0.3, -0.25) is 5.32 Å². The van der Waals surface area contributed by atoms with Crippen molar-refractivity contribution in [3.05, 3.63) is 46.2 Å². The zero-order valence-electron chi connectivity index (χ0n) is 16.5. The molecule has 1 saturated heterocycles. The molecule has 0 saturated carbocycles. The fraction of sp³-hybridized carbons (Fsp3) is 0.450. The molecule has 7 nitrogen and oxygen atoms in total. The minimum atomic E-state index is -0.318. The zero-order valence-corrected chi connectivity index (χ0v) is 17.4. The Labute approximate surface area is 173 Å². The highest BCUT2D eigenvalue weighted by Gasteiger charge is 2.24. The summed E-state index contributed by atoms with van der Waals surface area (Å²) in [5, 5.41) is 6.16. The van der Waals surface area contributed by atoms with Crippen LogP contribution in [-0.2, 0) is 11.2 Å². The van der Waals surface area contributed by atoms with Crippen LogP contribution in [-0.4, -0.2) is 47.7 Å². The summed E-state index contributed by atoms with van der Waals surface area (Å²) in [5.41, 5.74) is 1.48. The van der Waals surface area contributed by atoms with Crippen LogP contribution in [0, 0.1) is 12.7 Å². The van der Waals surface area contributed by atoms with Crippen molar-refractivity contribution in [3.8, 4) is 0 Å². The number of carbonyl (C=O) groups is 2. The first-order valence-corrected chi connectivity index (χ1v) is 10.4. The molecule has 3 amide bonds. The third kappa shape index (κ3) is 5.90. The third-order valence-electron chi connectivity index (χ3n) is 4.74. The van der Waals surface area contributed by atoms with Crippen LogP contribution in [0.25, 0.3) is 0 Å². The second-order valence-corrected chi connectivity index (χ2v) is 8.07. The van der Waals surface area contributed by atoms with Crippen molar-refractivity contribution in [1.82, 2.24) is 15.2 Å². The lowest BCUT2D eigenvalue weighted by Gasteiger charge is -2.31. The van der Waals surface area contributed by atoms with Crippen molar-refractivity contribution in [2.24, 2.45) is 0 Å². The van der Waals surface area contributed by atoms with Gasteiger partial charge in [0.25, 0.3) is 0 Å². The van der Waals surface area contributed by atoms with E-state index in [4.69, 9.17) is 4.74 Å².